The van der Waals surface area contributed by atoms with E-state index in [-0.39, 0.29) is 0 Å². The highest BCUT2D eigenvalue weighted by molar-refractivity contribution is 9.18. The Labute approximate surface area is 45.3 Å². The number of carboxylic acid groups (broad SMARTS) is 1. The summed E-state index contributed by atoms with van der Waals surface area (Å²) in [5.41, 5.74) is 0. The van der Waals surface area contributed by atoms with E-state index in [2.05, 4.69) is 15.9 Å². The lowest BCUT2D eigenvalue weighted by atomic mass is 11.0. The molecule has 0 aromatic heterocycles. The Balaban J connectivity index is 0. The minimum atomic E-state index is -1.02. The largest absolute Gasteiger partial charge is 0.473 e. The highest BCUT2D eigenvalue weighted by Gasteiger charge is 1.70. The van der Waals surface area contributed by atoms with Crippen LogP contribution in [0.3, 0.4) is 0 Å². The van der Waals surface area contributed by atoms with E-state index in [1.165, 1.54) is 0 Å². The third kappa shape index (κ3) is 13700. The molecule has 0 amide bonds. The third-order valence-electron chi connectivity index (χ3n) is 0. The maximum Gasteiger partial charge on any atom is 0.372 e. The number of carbonyl (C=O) groups is 1. The minimum Gasteiger partial charge on any atom is -0.473 e. The Morgan fingerprint density at radius 2 is 1.67 bits per heavy atom. The zero-order valence-electron chi connectivity index (χ0n) is 3.73. The maximum atomic E-state index is 8.92. The Bertz CT molecular complexity index is 31.8. The molecule has 0 spiro atoms. The molecular weight excluding hydrogens is 148 g/mol. The van der Waals surface area contributed by atoms with Gasteiger partial charge in [0.2, 0.25) is 0 Å². The second-order valence-electron chi connectivity index (χ2n) is 0.253. The number of hydrogen-bond donors (Lipinski definition) is 1. The van der Waals surface area contributed by atoms with Crippen molar-refractivity contribution in [3.63, 3.8) is 0 Å². The quantitative estimate of drug-likeness (QED) is 0.543. The number of hydrogen-bond acceptors (Lipinski definition) is 1. The van der Waals surface area contributed by atoms with Crippen LogP contribution in [0.2, 0.25) is 0 Å². The fourth-order valence-electron chi connectivity index (χ4n) is 0. The minimum absolute atomic E-state index is 1.02. The molecule has 6 heavy (non-hydrogen) atoms. The Hall–Kier alpha value is -0.0500. The summed E-state index contributed by atoms with van der Waals surface area (Å²) in [7, 11) is 0. The van der Waals surface area contributed by atoms with Gasteiger partial charge in [0.15, 0.2) is 0 Å². The molecule has 1 N–H and O–H groups in total. The molecule has 0 heterocycles. The van der Waals surface area contributed by atoms with Gasteiger partial charge in [0.1, 0.15) is 0 Å². The van der Waals surface area contributed by atoms with Crippen molar-refractivity contribution in [3.05, 3.63) is 0 Å². The number of rotatable bonds is 0. The average Bonchev–Trinajstić information content (AvgIpc) is 1.41. The first-order chi connectivity index (χ1) is 2.73. The first kappa shape index (κ1) is 9.34. The molecule has 3 heteroatoms. The van der Waals surface area contributed by atoms with Gasteiger partial charge in [-0.3, -0.25) is 0 Å². The molecule has 0 bridgehead atoms. The van der Waals surface area contributed by atoms with Crippen molar-refractivity contribution in [1.82, 2.24) is 0 Å². The van der Waals surface area contributed by atoms with E-state index in [1.807, 2.05) is 13.8 Å². The third-order valence-corrected chi connectivity index (χ3v) is 0. The first-order valence-corrected chi connectivity index (χ1v) is 2.41. The summed E-state index contributed by atoms with van der Waals surface area (Å²) in [4.78, 5) is 7.90. The van der Waals surface area contributed by atoms with Gasteiger partial charge in [0.25, 0.3) is 0 Å². The van der Waals surface area contributed by atoms with Gasteiger partial charge in [-0.2, -0.15) is 0 Å². The van der Waals surface area contributed by atoms with Gasteiger partial charge in [-0.15, -0.1) is 0 Å². The van der Waals surface area contributed by atoms with Crippen LogP contribution in [0.4, 0.5) is 4.79 Å². The van der Waals surface area contributed by atoms with Crippen LogP contribution in [0.1, 0.15) is 13.8 Å². The van der Waals surface area contributed by atoms with Crippen molar-refractivity contribution in [1.29, 1.82) is 0 Å². The van der Waals surface area contributed by atoms with E-state index in [4.69, 9.17) is 9.90 Å². The van der Waals surface area contributed by atoms with Crippen LogP contribution in [0.15, 0.2) is 0 Å². The molecule has 0 unspecified atom stereocenters. The second kappa shape index (κ2) is 8.87. The molecule has 0 aromatic rings. The van der Waals surface area contributed by atoms with Gasteiger partial charge in [0, 0.05) is 15.9 Å². The highest BCUT2D eigenvalue weighted by Crippen LogP contribution is 1.74. The Morgan fingerprint density at radius 1 is 1.67 bits per heavy atom. The molecule has 0 saturated heterocycles. The Morgan fingerprint density at radius 3 is 1.67 bits per heavy atom. The zero-order valence-corrected chi connectivity index (χ0v) is 5.32. The molecule has 0 fully saturated rings. The van der Waals surface area contributed by atoms with Crippen LogP contribution >= 0.6 is 15.9 Å². The number of halogens is 1. The van der Waals surface area contributed by atoms with E-state index in [0.717, 1.165) is 0 Å². The second-order valence-corrected chi connectivity index (χ2v) is 0.931. The van der Waals surface area contributed by atoms with Gasteiger partial charge < -0.3 is 5.11 Å². The molecule has 0 radical (unpaired) electrons. The van der Waals surface area contributed by atoms with Gasteiger partial charge in [-0.1, -0.05) is 13.8 Å². The summed E-state index contributed by atoms with van der Waals surface area (Å²) in [5, 5.41) is 7.33. The molecule has 38 valence electrons. The summed E-state index contributed by atoms with van der Waals surface area (Å²) in [6.45, 7) is 4.00. The molecule has 0 rings (SSSR count). The van der Waals surface area contributed by atoms with Crippen LogP contribution in [0.5, 0.6) is 0 Å². The van der Waals surface area contributed by atoms with Crippen LogP contribution in [0, 0.1) is 0 Å². The predicted molar refractivity (Wildman–Crippen MR) is 28.3 cm³/mol. The van der Waals surface area contributed by atoms with E-state index in [1.54, 1.807) is 0 Å². The normalized spacial score (nSPS) is 5.17. The summed E-state index contributed by atoms with van der Waals surface area (Å²) >= 11 is 2.19. The summed E-state index contributed by atoms with van der Waals surface area (Å²) in [6.07, 6.45) is 0. The summed E-state index contributed by atoms with van der Waals surface area (Å²) < 4.78 is 0. The van der Waals surface area contributed by atoms with Gasteiger partial charge >= 0.3 is 4.88 Å². The van der Waals surface area contributed by atoms with Gasteiger partial charge in [-0.25, -0.2) is 4.79 Å². The van der Waals surface area contributed by atoms with E-state index < -0.39 is 4.88 Å². The topological polar surface area (TPSA) is 37.3 Å². The summed E-state index contributed by atoms with van der Waals surface area (Å²) in [5.74, 6) is 0. The highest BCUT2D eigenvalue weighted by atomic mass is 79.9. The molecule has 0 aromatic carbocycles. The van der Waals surface area contributed by atoms with Crippen molar-refractivity contribution >= 4 is 20.8 Å². The van der Waals surface area contributed by atoms with Crippen molar-refractivity contribution in [2.45, 2.75) is 13.8 Å². The fourth-order valence-corrected chi connectivity index (χ4v) is 0. The monoisotopic (exact) mass is 154 g/mol. The van der Waals surface area contributed by atoms with E-state index in [0.29, 0.717) is 0 Å². The molecule has 0 aliphatic rings. The van der Waals surface area contributed by atoms with Crippen molar-refractivity contribution in [2.75, 3.05) is 0 Å². The van der Waals surface area contributed by atoms with Crippen molar-refractivity contribution in [2.24, 2.45) is 0 Å². The standard InChI is InChI=1S/C2H6.CHBrO2/c1-2;2-1(3)4/h1-2H3;(H,3,4). The van der Waals surface area contributed by atoms with E-state index in [9.17, 15) is 0 Å². The maximum absolute atomic E-state index is 8.92. The fraction of sp³-hybridized carbons (Fsp3) is 0.667. The van der Waals surface area contributed by atoms with Crippen LogP contribution in [-0.4, -0.2) is 9.99 Å². The molecule has 0 aliphatic heterocycles. The van der Waals surface area contributed by atoms with Crippen LogP contribution < -0.4 is 0 Å². The lowest BCUT2D eigenvalue weighted by Gasteiger charge is -1.56. The Kier molecular flexibility index (Phi) is 13.8. The van der Waals surface area contributed by atoms with E-state index >= 15 is 0 Å². The first-order valence-electron chi connectivity index (χ1n) is 1.62. The average molecular weight is 155 g/mol. The van der Waals surface area contributed by atoms with Crippen LogP contribution in [0.25, 0.3) is 0 Å². The molecule has 0 atom stereocenters. The predicted octanol–water partition coefficient (Wildman–Crippen LogP) is 2.09. The zero-order chi connectivity index (χ0) is 5.58. The van der Waals surface area contributed by atoms with Crippen LogP contribution in [-0.2, 0) is 0 Å². The van der Waals surface area contributed by atoms with Crippen molar-refractivity contribution in [3.8, 4) is 0 Å². The SMILES string of the molecule is CC.O=C(O)Br. The van der Waals surface area contributed by atoms with Gasteiger partial charge in [-0.05, 0) is 0 Å². The van der Waals surface area contributed by atoms with Crippen molar-refractivity contribution < 1.29 is 9.90 Å². The van der Waals surface area contributed by atoms with Gasteiger partial charge in [0.05, 0.1) is 0 Å². The molecule has 0 aliphatic carbocycles. The molecule has 2 nitrogen and oxygen atoms in total. The molecular formula is C3H7BrO2. The lowest BCUT2D eigenvalue weighted by Crippen LogP contribution is -1.65. The molecule has 0 saturated carbocycles. The lowest BCUT2D eigenvalue weighted by molar-refractivity contribution is 0.223. The summed E-state index contributed by atoms with van der Waals surface area (Å²) in [6, 6.07) is 0. The smallest absolute Gasteiger partial charge is 0.372 e.